The van der Waals surface area contributed by atoms with E-state index >= 15 is 0 Å². The first kappa shape index (κ1) is 12.6. The van der Waals surface area contributed by atoms with Gasteiger partial charge in [0, 0.05) is 22.8 Å². The lowest BCUT2D eigenvalue weighted by Gasteiger charge is -2.02. The van der Waals surface area contributed by atoms with Gasteiger partial charge in [0.25, 0.3) is 0 Å². The maximum atomic E-state index is 4.38. The molecule has 0 atom stereocenters. The summed E-state index contributed by atoms with van der Waals surface area (Å²) in [6.07, 6.45) is 3.04. The standard InChI is InChI=1S/C13H15BrN2S/c1-3-6-15-13-16-8-12(17-13)10-5-4-9(2)7-11(10)14/h4-5,7-8H,3,6H2,1-2H3,(H,15,16). The third-order valence-electron chi connectivity index (χ3n) is 2.42. The average molecular weight is 311 g/mol. The van der Waals surface area contributed by atoms with Crippen molar-refractivity contribution in [3.8, 4) is 10.4 Å². The highest BCUT2D eigenvalue weighted by molar-refractivity contribution is 9.10. The molecule has 0 bridgehead atoms. The number of thiazole rings is 1. The lowest BCUT2D eigenvalue weighted by molar-refractivity contribution is 0.976. The topological polar surface area (TPSA) is 24.9 Å². The van der Waals surface area contributed by atoms with E-state index in [1.807, 2.05) is 6.20 Å². The number of anilines is 1. The van der Waals surface area contributed by atoms with Gasteiger partial charge in [0.05, 0.1) is 4.88 Å². The van der Waals surface area contributed by atoms with Gasteiger partial charge in [0.1, 0.15) is 0 Å². The van der Waals surface area contributed by atoms with Crippen LogP contribution in [0, 0.1) is 6.92 Å². The molecule has 1 aromatic heterocycles. The lowest BCUT2D eigenvalue weighted by Crippen LogP contribution is -1.97. The maximum absolute atomic E-state index is 4.38. The van der Waals surface area contributed by atoms with Crippen molar-refractivity contribution in [3.63, 3.8) is 0 Å². The maximum Gasteiger partial charge on any atom is 0.183 e. The zero-order valence-electron chi connectivity index (χ0n) is 9.96. The first-order valence-electron chi connectivity index (χ1n) is 5.67. The summed E-state index contributed by atoms with van der Waals surface area (Å²) in [5, 5.41) is 4.30. The summed E-state index contributed by atoms with van der Waals surface area (Å²) >= 11 is 5.30. The molecule has 2 nitrogen and oxygen atoms in total. The second kappa shape index (κ2) is 5.65. The second-order valence-corrected chi connectivity index (χ2v) is 5.82. The molecule has 1 heterocycles. The molecule has 0 spiro atoms. The number of hydrogen-bond acceptors (Lipinski definition) is 3. The molecule has 0 aliphatic heterocycles. The third kappa shape index (κ3) is 3.07. The van der Waals surface area contributed by atoms with Crippen molar-refractivity contribution in [3.05, 3.63) is 34.4 Å². The van der Waals surface area contributed by atoms with E-state index in [2.05, 4.69) is 58.3 Å². The van der Waals surface area contributed by atoms with Crippen molar-refractivity contribution in [2.45, 2.75) is 20.3 Å². The molecule has 0 aliphatic carbocycles. The smallest absolute Gasteiger partial charge is 0.183 e. The van der Waals surface area contributed by atoms with Crippen molar-refractivity contribution < 1.29 is 0 Å². The van der Waals surface area contributed by atoms with Crippen LogP contribution in [0.4, 0.5) is 5.13 Å². The van der Waals surface area contributed by atoms with E-state index in [-0.39, 0.29) is 0 Å². The highest BCUT2D eigenvalue weighted by atomic mass is 79.9. The van der Waals surface area contributed by atoms with E-state index in [4.69, 9.17) is 0 Å². The fourth-order valence-electron chi connectivity index (χ4n) is 1.53. The van der Waals surface area contributed by atoms with E-state index in [1.165, 1.54) is 16.0 Å². The predicted octanol–water partition coefficient (Wildman–Crippen LogP) is 4.70. The Morgan fingerprint density at radius 2 is 2.24 bits per heavy atom. The third-order valence-corrected chi connectivity index (χ3v) is 4.07. The van der Waals surface area contributed by atoms with Gasteiger partial charge in [-0.1, -0.05) is 46.3 Å². The van der Waals surface area contributed by atoms with Crippen molar-refractivity contribution in [2.75, 3.05) is 11.9 Å². The number of halogens is 1. The molecule has 1 N–H and O–H groups in total. The predicted molar refractivity (Wildman–Crippen MR) is 78.8 cm³/mol. The van der Waals surface area contributed by atoms with E-state index in [0.29, 0.717) is 0 Å². The van der Waals surface area contributed by atoms with Gasteiger partial charge in [-0.15, -0.1) is 0 Å². The van der Waals surface area contributed by atoms with Gasteiger partial charge in [-0.2, -0.15) is 0 Å². The summed E-state index contributed by atoms with van der Waals surface area (Å²) in [4.78, 5) is 5.57. The molecule has 0 saturated carbocycles. The zero-order chi connectivity index (χ0) is 12.3. The Labute approximate surface area is 114 Å². The molecule has 0 radical (unpaired) electrons. The summed E-state index contributed by atoms with van der Waals surface area (Å²) in [7, 11) is 0. The zero-order valence-corrected chi connectivity index (χ0v) is 12.4. The lowest BCUT2D eigenvalue weighted by atomic mass is 10.1. The molecule has 4 heteroatoms. The first-order valence-corrected chi connectivity index (χ1v) is 7.28. The Hall–Kier alpha value is -0.870. The van der Waals surface area contributed by atoms with Crippen molar-refractivity contribution in [1.82, 2.24) is 4.98 Å². The molecular formula is C13H15BrN2S. The Bertz CT molecular complexity index is 508. The number of nitrogens with zero attached hydrogens (tertiary/aromatic N) is 1. The minimum atomic E-state index is 0.974. The Kier molecular flexibility index (Phi) is 4.18. The van der Waals surface area contributed by atoms with Crippen LogP contribution in [0.1, 0.15) is 18.9 Å². The van der Waals surface area contributed by atoms with E-state index < -0.39 is 0 Å². The van der Waals surface area contributed by atoms with Gasteiger partial charge in [0.15, 0.2) is 5.13 Å². The van der Waals surface area contributed by atoms with E-state index in [0.717, 1.165) is 22.6 Å². The summed E-state index contributed by atoms with van der Waals surface area (Å²) in [5.74, 6) is 0. The quantitative estimate of drug-likeness (QED) is 0.885. The molecule has 90 valence electrons. The van der Waals surface area contributed by atoms with Crippen LogP contribution in [0.2, 0.25) is 0 Å². The Balaban J connectivity index is 2.24. The number of aryl methyl sites for hydroxylation is 1. The van der Waals surface area contributed by atoms with Crippen LogP contribution in [0.5, 0.6) is 0 Å². The van der Waals surface area contributed by atoms with Crippen LogP contribution in [-0.4, -0.2) is 11.5 Å². The molecule has 0 fully saturated rings. The van der Waals surface area contributed by atoms with Crippen LogP contribution in [0.15, 0.2) is 28.9 Å². The largest absolute Gasteiger partial charge is 0.362 e. The number of benzene rings is 1. The van der Waals surface area contributed by atoms with Gasteiger partial charge < -0.3 is 5.32 Å². The number of nitrogens with one attached hydrogen (secondary N) is 1. The van der Waals surface area contributed by atoms with Crippen LogP contribution in [-0.2, 0) is 0 Å². The molecule has 17 heavy (non-hydrogen) atoms. The van der Waals surface area contributed by atoms with Gasteiger partial charge >= 0.3 is 0 Å². The van der Waals surface area contributed by atoms with E-state index in [1.54, 1.807) is 11.3 Å². The minimum absolute atomic E-state index is 0.974. The minimum Gasteiger partial charge on any atom is -0.362 e. The highest BCUT2D eigenvalue weighted by Gasteiger charge is 2.07. The van der Waals surface area contributed by atoms with Gasteiger partial charge in [0.2, 0.25) is 0 Å². The summed E-state index contributed by atoms with van der Waals surface area (Å²) in [5.41, 5.74) is 2.46. The number of rotatable bonds is 4. The van der Waals surface area contributed by atoms with Gasteiger partial charge in [-0.05, 0) is 25.0 Å². The van der Waals surface area contributed by atoms with E-state index in [9.17, 15) is 0 Å². The molecule has 0 saturated heterocycles. The fraction of sp³-hybridized carbons (Fsp3) is 0.308. The van der Waals surface area contributed by atoms with Crippen molar-refractivity contribution >= 4 is 32.4 Å². The monoisotopic (exact) mass is 310 g/mol. The molecule has 1 aromatic carbocycles. The molecule has 0 amide bonds. The number of hydrogen-bond donors (Lipinski definition) is 1. The average Bonchev–Trinajstić information content (AvgIpc) is 2.75. The highest BCUT2D eigenvalue weighted by Crippen LogP contribution is 2.34. The summed E-state index contributed by atoms with van der Waals surface area (Å²) in [6, 6.07) is 6.39. The van der Waals surface area contributed by atoms with Gasteiger partial charge in [-0.3, -0.25) is 0 Å². The SMILES string of the molecule is CCCNc1ncc(-c2ccc(C)cc2Br)s1. The Morgan fingerprint density at radius 3 is 2.94 bits per heavy atom. The molecule has 0 aliphatic rings. The van der Waals surface area contributed by atoms with Crippen molar-refractivity contribution in [1.29, 1.82) is 0 Å². The molecular weight excluding hydrogens is 296 g/mol. The fourth-order valence-corrected chi connectivity index (χ4v) is 3.25. The number of aromatic nitrogens is 1. The van der Waals surface area contributed by atoms with Crippen LogP contribution < -0.4 is 5.32 Å². The van der Waals surface area contributed by atoms with Crippen LogP contribution >= 0.6 is 27.3 Å². The second-order valence-electron chi connectivity index (χ2n) is 3.94. The molecule has 2 aromatic rings. The molecule has 0 unspecified atom stereocenters. The van der Waals surface area contributed by atoms with Crippen LogP contribution in [0.3, 0.4) is 0 Å². The van der Waals surface area contributed by atoms with Gasteiger partial charge in [-0.25, -0.2) is 4.98 Å². The van der Waals surface area contributed by atoms with Crippen LogP contribution in [0.25, 0.3) is 10.4 Å². The molecule has 2 rings (SSSR count). The normalized spacial score (nSPS) is 10.5. The van der Waals surface area contributed by atoms with Crippen molar-refractivity contribution in [2.24, 2.45) is 0 Å². The Morgan fingerprint density at radius 1 is 1.41 bits per heavy atom. The first-order chi connectivity index (χ1) is 8.20. The summed E-state index contributed by atoms with van der Waals surface area (Å²) < 4.78 is 1.13. The summed E-state index contributed by atoms with van der Waals surface area (Å²) in [6.45, 7) is 5.22.